The maximum absolute atomic E-state index is 5.51. The molecule has 0 N–H and O–H groups in total. The highest BCUT2D eigenvalue weighted by Gasteiger charge is 1.90. The molecule has 0 aromatic carbocycles. The highest BCUT2D eigenvalue weighted by molar-refractivity contribution is 7.99. The summed E-state index contributed by atoms with van der Waals surface area (Å²) >= 11 is 7.45. The Hall–Kier alpha value is 0.600. The van der Waals surface area contributed by atoms with Crippen molar-refractivity contribution in [1.29, 1.82) is 0 Å². The molecule has 0 aromatic rings. The Balaban J connectivity index is 2.77. The van der Waals surface area contributed by atoms with Crippen molar-refractivity contribution in [2.45, 2.75) is 6.42 Å². The van der Waals surface area contributed by atoms with E-state index in [4.69, 9.17) is 11.6 Å². The minimum atomic E-state index is 0.784. The van der Waals surface area contributed by atoms with Gasteiger partial charge in [-0.2, -0.15) is 11.8 Å². The van der Waals surface area contributed by atoms with Gasteiger partial charge in [0.05, 0.1) is 0 Å². The van der Waals surface area contributed by atoms with Gasteiger partial charge in [0.2, 0.25) is 0 Å². The van der Waals surface area contributed by atoms with E-state index >= 15 is 0 Å². The standard InChI is InChI=1S/C7H16ClNS/c1-9(2)5-3-6-10-7-4-8/h3-7H2,1-2H3. The molecule has 0 rings (SSSR count). The molecule has 0 aromatic heterocycles. The average Bonchev–Trinajstić information content (AvgIpc) is 1.87. The third kappa shape index (κ3) is 8.60. The smallest absolute Gasteiger partial charge is 0.0314 e. The lowest BCUT2D eigenvalue weighted by molar-refractivity contribution is 0.410. The largest absolute Gasteiger partial charge is 0.309 e. The second-order valence-corrected chi connectivity index (χ2v) is 4.06. The van der Waals surface area contributed by atoms with Gasteiger partial charge < -0.3 is 4.90 Å². The topological polar surface area (TPSA) is 3.24 Å². The van der Waals surface area contributed by atoms with E-state index in [-0.39, 0.29) is 0 Å². The average molecular weight is 182 g/mol. The molecule has 0 amide bonds. The van der Waals surface area contributed by atoms with E-state index in [1.807, 2.05) is 11.8 Å². The van der Waals surface area contributed by atoms with Crippen molar-refractivity contribution in [3.63, 3.8) is 0 Å². The summed E-state index contributed by atoms with van der Waals surface area (Å²) < 4.78 is 0. The second-order valence-electron chi connectivity index (χ2n) is 2.46. The van der Waals surface area contributed by atoms with Crippen molar-refractivity contribution in [2.75, 3.05) is 38.0 Å². The summed E-state index contributed by atoms with van der Waals surface area (Å²) in [5.41, 5.74) is 0. The summed E-state index contributed by atoms with van der Waals surface area (Å²) in [7, 11) is 4.21. The maximum atomic E-state index is 5.51. The molecule has 0 heterocycles. The Morgan fingerprint density at radius 1 is 1.30 bits per heavy atom. The van der Waals surface area contributed by atoms with Crippen LogP contribution in [-0.4, -0.2) is 42.9 Å². The Bertz CT molecular complexity index is 68.6. The lowest BCUT2D eigenvalue weighted by Crippen LogP contribution is -2.13. The molecule has 3 heteroatoms. The molecule has 1 nitrogen and oxygen atoms in total. The van der Waals surface area contributed by atoms with Crippen molar-refractivity contribution in [2.24, 2.45) is 0 Å². The van der Waals surface area contributed by atoms with E-state index in [2.05, 4.69) is 19.0 Å². The fourth-order valence-electron chi connectivity index (χ4n) is 0.639. The number of thioether (sulfide) groups is 1. The number of nitrogens with zero attached hydrogens (tertiary/aromatic N) is 1. The molecule has 10 heavy (non-hydrogen) atoms. The van der Waals surface area contributed by atoms with Crippen molar-refractivity contribution in [3.8, 4) is 0 Å². The van der Waals surface area contributed by atoms with Gasteiger partial charge in [-0.1, -0.05) is 0 Å². The Labute approximate surface area is 73.1 Å². The zero-order chi connectivity index (χ0) is 7.82. The predicted octanol–water partition coefficient (Wildman–Crippen LogP) is 1.91. The van der Waals surface area contributed by atoms with Crippen LogP contribution in [0.4, 0.5) is 0 Å². The molecule has 0 saturated carbocycles. The molecule has 0 aliphatic heterocycles. The van der Waals surface area contributed by atoms with Crippen molar-refractivity contribution in [3.05, 3.63) is 0 Å². The lowest BCUT2D eigenvalue weighted by Gasteiger charge is -2.07. The van der Waals surface area contributed by atoms with Gasteiger partial charge >= 0.3 is 0 Å². The van der Waals surface area contributed by atoms with Crippen LogP contribution in [0.25, 0.3) is 0 Å². The van der Waals surface area contributed by atoms with E-state index in [0.717, 1.165) is 11.6 Å². The second kappa shape index (κ2) is 7.70. The molecule has 0 bridgehead atoms. The van der Waals surface area contributed by atoms with Gasteiger partial charge in [-0.3, -0.25) is 0 Å². The van der Waals surface area contributed by atoms with Crippen molar-refractivity contribution < 1.29 is 0 Å². The Morgan fingerprint density at radius 2 is 2.00 bits per heavy atom. The highest BCUT2D eigenvalue weighted by Crippen LogP contribution is 2.02. The fraction of sp³-hybridized carbons (Fsp3) is 1.00. The normalized spacial score (nSPS) is 10.8. The minimum absolute atomic E-state index is 0.784. The third-order valence-electron chi connectivity index (χ3n) is 1.12. The van der Waals surface area contributed by atoms with Crippen LogP contribution in [-0.2, 0) is 0 Å². The third-order valence-corrected chi connectivity index (χ3v) is 2.60. The van der Waals surface area contributed by atoms with Gasteiger partial charge in [0, 0.05) is 11.6 Å². The fourth-order valence-corrected chi connectivity index (χ4v) is 1.61. The molecule has 0 spiro atoms. The summed E-state index contributed by atoms with van der Waals surface area (Å²) in [5, 5.41) is 0. The number of hydrogen-bond donors (Lipinski definition) is 0. The van der Waals surface area contributed by atoms with E-state index in [1.165, 1.54) is 18.7 Å². The van der Waals surface area contributed by atoms with Crippen LogP contribution in [0.1, 0.15) is 6.42 Å². The van der Waals surface area contributed by atoms with E-state index in [0.29, 0.717) is 0 Å². The molecular weight excluding hydrogens is 166 g/mol. The molecule has 0 fully saturated rings. The van der Waals surface area contributed by atoms with Crippen LogP contribution in [0.5, 0.6) is 0 Å². The Kier molecular flexibility index (Phi) is 8.17. The zero-order valence-electron chi connectivity index (χ0n) is 6.77. The molecule has 0 atom stereocenters. The molecule has 0 aliphatic rings. The monoisotopic (exact) mass is 181 g/mol. The quantitative estimate of drug-likeness (QED) is 0.455. The lowest BCUT2D eigenvalue weighted by atomic mass is 10.5. The molecule has 0 unspecified atom stereocenters. The van der Waals surface area contributed by atoms with Gasteiger partial charge in [0.25, 0.3) is 0 Å². The van der Waals surface area contributed by atoms with Crippen LogP contribution in [0, 0.1) is 0 Å². The molecule has 62 valence electrons. The van der Waals surface area contributed by atoms with Gasteiger partial charge in [-0.05, 0) is 32.8 Å². The minimum Gasteiger partial charge on any atom is -0.309 e. The van der Waals surface area contributed by atoms with Crippen molar-refractivity contribution >= 4 is 23.4 Å². The van der Waals surface area contributed by atoms with Gasteiger partial charge in [-0.25, -0.2) is 0 Å². The SMILES string of the molecule is CN(C)CCCSCCCl. The summed E-state index contributed by atoms with van der Waals surface area (Å²) in [4.78, 5) is 2.21. The molecule has 0 radical (unpaired) electrons. The maximum Gasteiger partial charge on any atom is 0.0314 e. The number of halogens is 1. The van der Waals surface area contributed by atoms with Gasteiger partial charge in [-0.15, -0.1) is 11.6 Å². The summed E-state index contributed by atoms with van der Waals surface area (Å²) in [6, 6.07) is 0. The van der Waals surface area contributed by atoms with E-state index in [1.54, 1.807) is 0 Å². The predicted molar refractivity (Wildman–Crippen MR) is 51.2 cm³/mol. The summed E-state index contributed by atoms with van der Waals surface area (Å²) in [5.74, 6) is 3.12. The summed E-state index contributed by atoms with van der Waals surface area (Å²) in [6.07, 6.45) is 1.27. The zero-order valence-corrected chi connectivity index (χ0v) is 8.34. The number of rotatable bonds is 6. The summed E-state index contributed by atoms with van der Waals surface area (Å²) in [6.45, 7) is 1.19. The molecular formula is C7H16ClNS. The van der Waals surface area contributed by atoms with Crippen LogP contribution >= 0.6 is 23.4 Å². The highest BCUT2D eigenvalue weighted by atomic mass is 35.5. The number of hydrogen-bond acceptors (Lipinski definition) is 2. The first kappa shape index (κ1) is 10.6. The first-order valence-corrected chi connectivity index (χ1v) is 5.24. The van der Waals surface area contributed by atoms with E-state index in [9.17, 15) is 0 Å². The molecule has 0 saturated heterocycles. The molecule has 0 aliphatic carbocycles. The van der Waals surface area contributed by atoms with Crippen LogP contribution in [0.15, 0.2) is 0 Å². The number of alkyl halides is 1. The first-order valence-electron chi connectivity index (χ1n) is 3.56. The Morgan fingerprint density at radius 3 is 2.50 bits per heavy atom. The van der Waals surface area contributed by atoms with Gasteiger partial charge in [0.1, 0.15) is 0 Å². The van der Waals surface area contributed by atoms with Crippen molar-refractivity contribution in [1.82, 2.24) is 4.90 Å². The van der Waals surface area contributed by atoms with E-state index < -0.39 is 0 Å². The van der Waals surface area contributed by atoms with Gasteiger partial charge in [0.15, 0.2) is 0 Å². The first-order chi connectivity index (χ1) is 4.77. The van der Waals surface area contributed by atoms with Crippen LogP contribution in [0.3, 0.4) is 0 Å². The van der Waals surface area contributed by atoms with Crippen LogP contribution < -0.4 is 0 Å². The van der Waals surface area contributed by atoms with Crippen LogP contribution in [0.2, 0.25) is 0 Å².